The molecule has 0 aliphatic heterocycles. The van der Waals surface area contributed by atoms with E-state index in [2.05, 4.69) is 18.7 Å². The number of aromatic carboxylic acids is 1. The van der Waals surface area contributed by atoms with Crippen molar-refractivity contribution >= 4 is 5.97 Å². The fraction of sp³-hybridized carbons (Fsp3) is 0.533. The van der Waals surface area contributed by atoms with E-state index < -0.39 is 5.97 Å². The molecule has 0 unspecified atom stereocenters. The molecule has 19 heavy (non-hydrogen) atoms. The third-order valence-electron chi connectivity index (χ3n) is 2.98. The number of hydrogen-bond acceptors (Lipinski definition) is 3. The summed E-state index contributed by atoms with van der Waals surface area (Å²) in [5.74, 6) is -0.495. The van der Waals surface area contributed by atoms with Crippen molar-refractivity contribution < 1.29 is 14.6 Å². The Balaban J connectivity index is 2.39. The molecule has 1 N–H and O–H groups in total. The highest BCUT2D eigenvalue weighted by Gasteiger charge is 2.09. The van der Waals surface area contributed by atoms with Crippen LogP contribution in [-0.4, -0.2) is 42.2 Å². The fourth-order valence-corrected chi connectivity index (χ4v) is 1.98. The van der Waals surface area contributed by atoms with Crippen LogP contribution in [0.1, 0.15) is 37.0 Å². The van der Waals surface area contributed by atoms with Crippen LogP contribution in [0.3, 0.4) is 0 Å². The van der Waals surface area contributed by atoms with E-state index in [4.69, 9.17) is 9.84 Å². The van der Waals surface area contributed by atoms with E-state index in [1.807, 2.05) is 0 Å². The molecule has 4 heteroatoms. The van der Waals surface area contributed by atoms with Gasteiger partial charge in [0.2, 0.25) is 0 Å². The van der Waals surface area contributed by atoms with E-state index in [0.717, 1.165) is 32.5 Å². The van der Waals surface area contributed by atoms with E-state index in [0.29, 0.717) is 12.4 Å². The molecular formula is C15H23NO3. The Morgan fingerprint density at radius 3 is 2.63 bits per heavy atom. The van der Waals surface area contributed by atoms with Gasteiger partial charge in [-0.05, 0) is 38.1 Å². The summed E-state index contributed by atoms with van der Waals surface area (Å²) in [5, 5.41) is 9.03. The highest BCUT2D eigenvalue weighted by molar-refractivity contribution is 5.90. The SMILES string of the molecule is CCCN(CC)CCCOc1ccccc1C(=O)O. The van der Waals surface area contributed by atoms with Crippen LogP contribution in [0.4, 0.5) is 0 Å². The first-order valence-corrected chi connectivity index (χ1v) is 6.86. The molecule has 106 valence electrons. The van der Waals surface area contributed by atoms with Crippen LogP contribution in [0.5, 0.6) is 5.75 Å². The quantitative estimate of drug-likeness (QED) is 0.697. The van der Waals surface area contributed by atoms with Gasteiger partial charge in [-0.15, -0.1) is 0 Å². The summed E-state index contributed by atoms with van der Waals surface area (Å²) < 4.78 is 5.56. The molecule has 1 rings (SSSR count). The number of ether oxygens (including phenoxy) is 1. The zero-order valence-corrected chi connectivity index (χ0v) is 11.8. The first-order valence-electron chi connectivity index (χ1n) is 6.86. The minimum Gasteiger partial charge on any atom is -0.493 e. The molecule has 0 aliphatic rings. The van der Waals surface area contributed by atoms with Crippen molar-refractivity contribution in [3.05, 3.63) is 29.8 Å². The average Bonchev–Trinajstić information content (AvgIpc) is 2.42. The monoisotopic (exact) mass is 265 g/mol. The van der Waals surface area contributed by atoms with Crippen molar-refractivity contribution in [3.8, 4) is 5.75 Å². The largest absolute Gasteiger partial charge is 0.493 e. The number of benzene rings is 1. The molecule has 0 aromatic heterocycles. The molecule has 0 spiro atoms. The number of para-hydroxylation sites is 1. The molecule has 0 fully saturated rings. The van der Waals surface area contributed by atoms with Crippen molar-refractivity contribution in [3.63, 3.8) is 0 Å². The Morgan fingerprint density at radius 2 is 2.00 bits per heavy atom. The summed E-state index contributed by atoms with van der Waals surface area (Å²) in [6, 6.07) is 6.76. The van der Waals surface area contributed by atoms with Gasteiger partial charge >= 0.3 is 5.97 Å². The second-order valence-electron chi connectivity index (χ2n) is 4.44. The lowest BCUT2D eigenvalue weighted by molar-refractivity contribution is 0.0692. The summed E-state index contributed by atoms with van der Waals surface area (Å²) in [4.78, 5) is 13.4. The molecular weight excluding hydrogens is 242 g/mol. The maximum absolute atomic E-state index is 11.0. The van der Waals surface area contributed by atoms with Gasteiger partial charge in [0, 0.05) is 6.54 Å². The highest BCUT2D eigenvalue weighted by Crippen LogP contribution is 2.17. The summed E-state index contributed by atoms with van der Waals surface area (Å²) in [6.07, 6.45) is 2.05. The van der Waals surface area contributed by atoms with Crippen molar-refractivity contribution in [2.24, 2.45) is 0 Å². The summed E-state index contributed by atoms with van der Waals surface area (Å²) in [7, 11) is 0. The Bertz CT molecular complexity index is 393. The first kappa shape index (κ1) is 15.5. The van der Waals surface area contributed by atoms with Gasteiger partial charge in [-0.2, -0.15) is 0 Å². The summed E-state index contributed by atoms with van der Waals surface area (Å²) in [6.45, 7) is 7.99. The highest BCUT2D eigenvalue weighted by atomic mass is 16.5. The van der Waals surface area contributed by atoms with Crippen LogP contribution in [0, 0.1) is 0 Å². The van der Waals surface area contributed by atoms with Crippen molar-refractivity contribution in [2.45, 2.75) is 26.7 Å². The van der Waals surface area contributed by atoms with Crippen LogP contribution < -0.4 is 4.74 Å². The number of hydrogen-bond donors (Lipinski definition) is 1. The minimum absolute atomic E-state index is 0.225. The number of carboxylic acid groups (broad SMARTS) is 1. The molecule has 0 amide bonds. The molecule has 1 aromatic carbocycles. The minimum atomic E-state index is -0.947. The Kier molecular flexibility index (Phi) is 6.97. The van der Waals surface area contributed by atoms with Crippen LogP contribution in [-0.2, 0) is 0 Å². The van der Waals surface area contributed by atoms with E-state index in [1.165, 1.54) is 0 Å². The maximum Gasteiger partial charge on any atom is 0.339 e. The second-order valence-corrected chi connectivity index (χ2v) is 4.44. The van der Waals surface area contributed by atoms with Gasteiger partial charge in [0.05, 0.1) is 6.61 Å². The van der Waals surface area contributed by atoms with Gasteiger partial charge in [-0.3, -0.25) is 0 Å². The molecule has 0 bridgehead atoms. The lowest BCUT2D eigenvalue weighted by atomic mass is 10.2. The zero-order valence-electron chi connectivity index (χ0n) is 11.8. The molecule has 4 nitrogen and oxygen atoms in total. The summed E-state index contributed by atoms with van der Waals surface area (Å²) in [5.41, 5.74) is 0.225. The van der Waals surface area contributed by atoms with Crippen molar-refractivity contribution in [2.75, 3.05) is 26.2 Å². The zero-order chi connectivity index (χ0) is 14.1. The number of rotatable bonds is 9. The van der Waals surface area contributed by atoms with Crippen LogP contribution in [0.25, 0.3) is 0 Å². The van der Waals surface area contributed by atoms with Crippen LogP contribution in [0.15, 0.2) is 24.3 Å². The van der Waals surface area contributed by atoms with E-state index in [-0.39, 0.29) is 5.56 Å². The van der Waals surface area contributed by atoms with Crippen LogP contribution >= 0.6 is 0 Å². The third kappa shape index (κ3) is 5.30. The lowest BCUT2D eigenvalue weighted by Gasteiger charge is -2.19. The third-order valence-corrected chi connectivity index (χ3v) is 2.98. The second kappa shape index (κ2) is 8.53. The van der Waals surface area contributed by atoms with Crippen molar-refractivity contribution in [1.29, 1.82) is 0 Å². The van der Waals surface area contributed by atoms with Crippen LogP contribution in [0.2, 0.25) is 0 Å². The number of carbonyl (C=O) groups is 1. The van der Waals surface area contributed by atoms with E-state index >= 15 is 0 Å². The molecule has 0 saturated heterocycles. The number of nitrogens with zero attached hydrogens (tertiary/aromatic N) is 1. The van der Waals surface area contributed by atoms with E-state index in [1.54, 1.807) is 24.3 Å². The number of carboxylic acids is 1. The normalized spacial score (nSPS) is 10.7. The lowest BCUT2D eigenvalue weighted by Crippen LogP contribution is -2.26. The topological polar surface area (TPSA) is 49.8 Å². The van der Waals surface area contributed by atoms with Gasteiger partial charge in [0.1, 0.15) is 11.3 Å². The van der Waals surface area contributed by atoms with Gasteiger partial charge < -0.3 is 14.7 Å². The fourth-order valence-electron chi connectivity index (χ4n) is 1.98. The Hall–Kier alpha value is -1.55. The predicted octanol–water partition coefficient (Wildman–Crippen LogP) is 2.89. The van der Waals surface area contributed by atoms with Gasteiger partial charge in [0.15, 0.2) is 0 Å². The molecule has 0 aliphatic carbocycles. The Labute approximate surface area is 115 Å². The summed E-state index contributed by atoms with van der Waals surface area (Å²) >= 11 is 0. The standard InChI is InChI=1S/C15H23NO3/c1-3-10-16(4-2)11-7-12-19-14-9-6-5-8-13(14)15(17)18/h5-6,8-9H,3-4,7,10-12H2,1-2H3,(H,17,18). The van der Waals surface area contributed by atoms with Gasteiger partial charge in [0.25, 0.3) is 0 Å². The van der Waals surface area contributed by atoms with Crippen molar-refractivity contribution in [1.82, 2.24) is 4.90 Å². The molecule has 0 saturated carbocycles. The van der Waals surface area contributed by atoms with Gasteiger partial charge in [-0.25, -0.2) is 4.79 Å². The van der Waals surface area contributed by atoms with E-state index in [9.17, 15) is 4.79 Å². The molecule has 0 radical (unpaired) electrons. The Morgan fingerprint density at radius 1 is 1.26 bits per heavy atom. The molecule has 0 heterocycles. The smallest absolute Gasteiger partial charge is 0.339 e. The molecule has 0 atom stereocenters. The maximum atomic E-state index is 11.0. The van der Waals surface area contributed by atoms with Gasteiger partial charge in [-0.1, -0.05) is 26.0 Å². The molecule has 1 aromatic rings. The predicted molar refractivity (Wildman–Crippen MR) is 75.9 cm³/mol. The average molecular weight is 265 g/mol. The first-order chi connectivity index (χ1) is 9.19.